The van der Waals surface area contributed by atoms with E-state index >= 15 is 0 Å². The molecular weight excluding hydrogens is 112 g/mol. The normalized spacial score (nSPS) is 9.00. The fourth-order valence-corrected chi connectivity index (χ4v) is 0.280. The van der Waals surface area contributed by atoms with Gasteiger partial charge in [-0.1, -0.05) is 0 Å². The third kappa shape index (κ3) is 0.810. The van der Waals surface area contributed by atoms with Gasteiger partial charge in [-0.15, -0.1) is 0 Å². The molecule has 0 saturated heterocycles. The summed E-state index contributed by atoms with van der Waals surface area (Å²) >= 11 is 0. The summed E-state index contributed by atoms with van der Waals surface area (Å²) in [5.74, 6) is 0. The molecule has 42 valence electrons. The van der Waals surface area contributed by atoms with E-state index in [9.17, 15) is 10.0 Å². The second-order valence-electron chi connectivity index (χ2n) is 1.08. The number of hydrogen-bond acceptors (Lipinski definition) is 4. The molecule has 0 aliphatic heterocycles. The molecule has 1 heterocycles. The van der Waals surface area contributed by atoms with Crippen LogP contribution in [0.25, 0.3) is 0 Å². The Balaban J connectivity index is 3.28. The van der Waals surface area contributed by atoms with Crippen LogP contribution < -0.4 is 10.6 Å². The predicted octanol–water partition coefficient (Wildman–Crippen LogP) is -1.33. The zero-order valence-electron chi connectivity index (χ0n) is 3.77. The molecule has 0 aromatic carbocycles. The van der Waals surface area contributed by atoms with Gasteiger partial charge < -0.3 is 4.52 Å². The quantitative estimate of drug-likeness (QED) is 0.392. The summed E-state index contributed by atoms with van der Waals surface area (Å²) in [5, 5.41) is 12.8. The summed E-state index contributed by atoms with van der Waals surface area (Å²) in [4.78, 5) is 10.1. The van der Waals surface area contributed by atoms with E-state index in [0.29, 0.717) is 0 Å². The highest BCUT2D eigenvalue weighted by Crippen LogP contribution is 1.56. The lowest BCUT2D eigenvalue weighted by Crippen LogP contribution is -2.33. The zero-order valence-corrected chi connectivity index (χ0v) is 3.77. The Bertz CT molecular complexity index is 230. The largest absolute Gasteiger partial charge is 0.301 e. The highest BCUT2D eigenvalue weighted by atomic mass is 16.8. The maximum atomic E-state index is 10.1. The van der Waals surface area contributed by atoms with Crippen LogP contribution in [0, 0.1) is 5.21 Å². The Labute approximate surface area is 43.7 Å². The number of aromatic nitrogens is 2. The fraction of sp³-hybridized carbons (Fsp3) is 0. The van der Waals surface area contributed by atoms with Gasteiger partial charge in [-0.25, -0.2) is 5.21 Å². The summed E-state index contributed by atoms with van der Waals surface area (Å²) in [6.45, 7) is 0. The molecule has 0 radical (unpaired) electrons. The SMILES string of the molecule is O=c1ccn[n+]([O-])o1. The van der Waals surface area contributed by atoms with E-state index < -0.39 is 5.63 Å². The van der Waals surface area contributed by atoms with Crippen molar-refractivity contribution in [2.75, 3.05) is 0 Å². The van der Waals surface area contributed by atoms with Crippen LogP contribution in [-0.2, 0) is 0 Å². The van der Waals surface area contributed by atoms with Crippen LogP contribution in [0.4, 0.5) is 0 Å². The fourth-order valence-electron chi connectivity index (χ4n) is 0.280. The minimum Gasteiger partial charge on any atom is -0.301 e. The van der Waals surface area contributed by atoms with Crippen LogP contribution in [0.1, 0.15) is 0 Å². The van der Waals surface area contributed by atoms with Gasteiger partial charge in [0.25, 0.3) is 5.63 Å². The molecule has 0 saturated carbocycles. The first-order chi connectivity index (χ1) is 3.79. The molecule has 0 aliphatic carbocycles. The first-order valence-electron chi connectivity index (χ1n) is 1.85. The van der Waals surface area contributed by atoms with Crippen molar-refractivity contribution in [1.29, 1.82) is 0 Å². The standard InChI is InChI=1S/C3H2N2O3/c6-3-1-2-4-5(7)8-3/h1-2H. The molecule has 1 rings (SSSR count). The van der Waals surface area contributed by atoms with E-state index in [0.717, 1.165) is 12.3 Å². The number of nitrogens with zero attached hydrogens (tertiary/aromatic N) is 2. The Morgan fingerprint density at radius 1 is 1.88 bits per heavy atom. The third-order valence-electron chi connectivity index (χ3n) is 0.540. The van der Waals surface area contributed by atoms with Crippen molar-refractivity contribution in [1.82, 2.24) is 5.10 Å². The van der Waals surface area contributed by atoms with Crippen molar-refractivity contribution in [3.05, 3.63) is 27.9 Å². The average molecular weight is 114 g/mol. The van der Waals surface area contributed by atoms with Crippen molar-refractivity contribution in [2.45, 2.75) is 0 Å². The van der Waals surface area contributed by atoms with Crippen LogP contribution in [0.5, 0.6) is 0 Å². The Hall–Kier alpha value is -1.39. The van der Waals surface area contributed by atoms with Crippen molar-refractivity contribution < 1.29 is 9.54 Å². The van der Waals surface area contributed by atoms with Gasteiger partial charge in [-0.05, 0) is 0 Å². The molecule has 1 aromatic heterocycles. The lowest BCUT2D eigenvalue weighted by Gasteiger charge is -1.78. The minimum atomic E-state index is -0.699. The topological polar surface area (TPSA) is 70.0 Å². The van der Waals surface area contributed by atoms with Crippen LogP contribution in [0.2, 0.25) is 0 Å². The first kappa shape index (κ1) is 4.76. The van der Waals surface area contributed by atoms with E-state index in [-0.39, 0.29) is 5.02 Å². The van der Waals surface area contributed by atoms with Crippen molar-refractivity contribution in [3.8, 4) is 0 Å². The molecule has 0 fully saturated rings. The smallest absolute Gasteiger partial charge is 0.284 e. The van der Waals surface area contributed by atoms with Gasteiger partial charge in [-0.2, -0.15) is 0 Å². The van der Waals surface area contributed by atoms with Gasteiger partial charge in [0.05, 0.1) is 5.10 Å². The maximum absolute atomic E-state index is 10.1. The van der Waals surface area contributed by atoms with Crippen molar-refractivity contribution in [2.24, 2.45) is 0 Å². The number of rotatable bonds is 0. The lowest BCUT2D eigenvalue weighted by molar-refractivity contribution is -0.850. The first-order valence-corrected chi connectivity index (χ1v) is 1.85. The average Bonchev–Trinajstić information content (AvgIpc) is 1.64. The van der Waals surface area contributed by atoms with Crippen LogP contribution in [-0.4, -0.2) is 5.10 Å². The van der Waals surface area contributed by atoms with E-state index in [2.05, 4.69) is 9.62 Å². The van der Waals surface area contributed by atoms with E-state index in [1.807, 2.05) is 0 Å². The maximum Gasteiger partial charge on any atom is 0.284 e. The lowest BCUT2D eigenvalue weighted by atomic mass is 10.7. The van der Waals surface area contributed by atoms with Crippen LogP contribution in [0.15, 0.2) is 21.6 Å². The van der Waals surface area contributed by atoms with Crippen molar-refractivity contribution in [3.63, 3.8) is 0 Å². The minimum absolute atomic E-state index is 0.150. The van der Waals surface area contributed by atoms with Gasteiger partial charge in [0.15, 0.2) is 5.02 Å². The van der Waals surface area contributed by atoms with Crippen molar-refractivity contribution >= 4 is 0 Å². The zero-order chi connectivity index (χ0) is 5.98. The molecule has 0 N–H and O–H groups in total. The van der Waals surface area contributed by atoms with Gasteiger partial charge in [0.1, 0.15) is 6.20 Å². The summed E-state index contributed by atoms with van der Waals surface area (Å²) in [6.07, 6.45) is 1.07. The molecule has 8 heavy (non-hydrogen) atoms. The van der Waals surface area contributed by atoms with Crippen LogP contribution >= 0.6 is 0 Å². The second kappa shape index (κ2) is 1.61. The van der Waals surface area contributed by atoms with Gasteiger partial charge in [-0.3, -0.25) is 4.79 Å². The summed E-state index contributed by atoms with van der Waals surface area (Å²) < 4.78 is 3.87. The molecule has 0 unspecified atom stereocenters. The highest BCUT2D eigenvalue weighted by molar-refractivity contribution is 4.67. The monoisotopic (exact) mass is 114 g/mol. The van der Waals surface area contributed by atoms with Gasteiger partial charge >= 0.3 is 0 Å². The molecule has 0 atom stereocenters. The Kier molecular flexibility index (Phi) is 0.957. The molecule has 0 spiro atoms. The molecule has 5 nitrogen and oxygen atoms in total. The molecule has 1 aromatic rings. The second-order valence-corrected chi connectivity index (χ2v) is 1.08. The molecule has 0 bridgehead atoms. The van der Waals surface area contributed by atoms with Gasteiger partial charge in [0, 0.05) is 6.07 Å². The predicted molar refractivity (Wildman–Crippen MR) is 21.7 cm³/mol. The van der Waals surface area contributed by atoms with Gasteiger partial charge in [0.2, 0.25) is 0 Å². The molecule has 0 amide bonds. The van der Waals surface area contributed by atoms with E-state index in [1.54, 1.807) is 0 Å². The molecular formula is C3H2N2O3. The Morgan fingerprint density at radius 3 is 3.00 bits per heavy atom. The third-order valence-corrected chi connectivity index (χ3v) is 0.540. The molecule has 0 aliphatic rings. The highest BCUT2D eigenvalue weighted by Gasteiger charge is 1.86. The molecule has 5 heteroatoms. The Morgan fingerprint density at radius 2 is 2.62 bits per heavy atom. The summed E-state index contributed by atoms with van der Waals surface area (Å²) in [7, 11) is 0. The summed E-state index contributed by atoms with van der Waals surface area (Å²) in [6, 6.07) is 1.05. The number of hydrogen-bond donors (Lipinski definition) is 0. The summed E-state index contributed by atoms with van der Waals surface area (Å²) in [5.41, 5.74) is -0.699. The van der Waals surface area contributed by atoms with E-state index in [4.69, 9.17) is 0 Å². The van der Waals surface area contributed by atoms with E-state index in [1.165, 1.54) is 0 Å². The van der Waals surface area contributed by atoms with Crippen LogP contribution in [0.3, 0.4) is 0 Å².